The summed E-state index contributed by atoms with van der Waals surface area (Å²) in [4.78, 5) is 28.4. The van der Waals surface area contributed by atoms with Gasteiger partial charge in [-0.25, -0.2) is 0 Å². The van der Waals surface area contributed by atoms with E-state index in [-0.39, 0.29) is 18.7 Å². The Bertz CT molecular complexity index is 778. The van der Waals surface area contributed by atoms with Crippen LogP contribution in [0.15, 0.2) is 24.3 Å². The molecule has 4 rings (SSSR count). The Morgan fingerprint density at radius 2 is 1.72 bits per heavy atom. The van der Waals surface area contributed by atoms with E-state index in [4.69, 9.17) is 5.11 Å². The van der Waals surface area contributed by atoms with Crippen LogP contribution in [-0.4, -0.2) is 63.6 Å². The number of carbonyl (C=O) groups excluding carboxylic acids is 1. The second kappa shape index (κ2) is 10.7. The van der Waals surface area contributed by atoms with Crippen molar-refractivity contribution in [2.45, 2.75) is 88.6 Å². The van der Waals surface area contributed by atoms with Crippen LogP contribution in [0.3, 0.4) is 0 Å². The molecular weight excluding hydrogens is 404 g/mol. The summed E-state index contributed by atoms with van der Waals surface area (Å²) in [6.45, 7) is 2.37. The first-order valence-electron chi connectivity index (χ1n) is 12.5. The highest BCUT2D eigenvalue weighted by Gasteiger charge is 2.41. The number of fused-ring (bicyclic) bond motifs is 2. The van der Waals surface area contributed by atoms with E-state index in [1.165, 1.54) is 50.5 Å². The minimum Gasteiger partial charge on any atom is -0.508 e. The van der Waals surface area contributed by atoms with E-state index in [1.807, 2.05) is 17.0 Å². The third kappa shape index (κ3) is 5.83. The van der Waals surface area contributed by atoms with Gasteiger partial charge in [0, 0.05) is 38.1 Å². The lowest BCUT2D eigenvalue weighted by atomic mass is 9.85. The molecular formula is C26H38N2O4. The molecule has 2 aliphatic heterocycles. The Labute approximate surface area is 191 Å². The number of amides is 1. The molecule has 6 nitrogen and oxygen atoms in total. The Hall–Kier alpha value is -2.08. The molecule has 1 aromatic rings. The zero-order valence-corrected chi connectivity index (χ0v) is 19.1. The molecule has 0 aromatic heterocycles. The average Bonchev–Trinajstić information content (AvgIpc) is 3.02. The van der Waals surface area contributed by atoms with Crippen LogP contribution in [0, 0.1) is 5.92 Å². The molecule has 0 spiro atoms. The van der Waals surface area contributed by atoms with Crippen LogP contribution in [0.2, 0.25) is 0 Å². The van der Waals surface area contributed by atoms with Crippen molar-refractivity contribution in [3.8, 4) is 5.75 Å². The van der Waals surface area contributed by atoms with Gasteiger partial charge in [0.25, 0.3) is 0 Å². The molecule has 1 saturated carbocycles. The van der Waals surface area contributed by atoms with Gasteiger partial charge in [0.2, 0.25) is 5.91 Å². The van der Waals surface area contributed by atoms with Crippen LogP contribution in [0.25, 0.3) is 0 Å². The molecule has 2 saturated heterocycles. The van der Waals surface area contributed by atoms with Crippen LogP contribution in [0.1, 0.15) is 82.1 Å². The summed E-state index contributed by atoms with van der Waals surface area (Å²) in [6, 6.07) is 8.78. The number of hydrogen-bond acceptors (Lipinski definition) is 4. The predicted molar refractivity (Wildman–Crippen MR) is 124 cm³/mol. The number of carboxylic acid groups (broad SMARTS) is 1. The lowest BCUT2D eigenvalue weighted by Gasteiger charge is -2.40. The van der Waals surface area contributed by atoms with Crippen molar-refractivity contribution < 1.29 is 19.8 Å². The first-order chi connectivity index (χ1) is 15.5. The summed E-state index contributed by atoms with van der Waals surface area (Å²) in [5, 5.41) is 18.9. The molecule has 2 N–H and O–H groups in total. The van der Waals surface area contributed by atoms with Crippen molar-refractivity contribution >= 4 is 11.9 Å². The monoisotopic (exact) mass is 442 g/mol. The van der Waals surface area contributed by atoms with E-state index in [9.17, 15) is 14.7 Å². The number of phenolic OH excluding ortho intramolecular Hbond substituents is 1. The number of benzene rings is 1. The molecule has 32 heavy (non-hydrogen) atoms. The smallest absolute Gasteiger partial charge is 0.303 e. The Kier molecular flexibility index (Phi) is 7.71. The minimum absolute atomic E-state index is 0.0000304. The standard InChI is InChI=1S/C26H38N2O4/c29-24-8-4-7-20(17-24)21-15-22-9-10-23(16-21)28(22)14-13-27(25(30)11-12-26(31)32)18-19-5-2-1-3-6-19/h4,7-8,17,19,21-23,29H,1-3,5-6,9-16,18H2,(H,31,32)/t21?,22-,23+. The second-order valence-electron chi connectivity index (χ2n) is 10.1. The maximum absolute atomic E-state index is 12.9. The fourth-order valence-electron chi connectivity index (χ4n) is 6.30. The van der Waals surface area contributed by atoms with Gasteiger partial charge in [-0.2, -0.15) is 0 Å². The van der Waals surface area contributed by atoms with Gasteiger partial charge in [-0.15, -0.1) is 0 Å². The van der Waals surface area contributed by atoms with Gasteiger partial charge in [0.05, 0.1) is 6.42 Å². The fourth-order valence-corrected chi connectivity index (χ4v) is 6.30. The molecule has 2 bridgehead atoms. The summed E-state index contributed by atoms with van der Waals surface area (Å²) >= 11 is 0. The van der Waals surface area contributed by atoms with Crippen LogP contribution in [-0.2, 0) is 9.59 Å². The maximum atomic E-state index is 12.9. The first-order valence-corrected chi connectivity index (χ1v) is 12.5. The average molecular weight is 443 g/mol. The molecule has 176 valence electrons. The normalized spacial score (nSPS) is 26.2. The third-order valence-electron chi connectivity index (χ3n) is 7.96. The number of carboxylic acids is 1. The number of carbonyl (C=O) groups is 2. The van der Waals surface area contributed by atoms with E-state index in [0.717, 1.165) is 25.9 Å². The predicted octanol–water partition coefficient (Wildman–Crippen LogP) is 4.38. The highest BCUT2D eigenvalue weighted by Crippen LogP contribution is 2.43. The Morgan fingerprint density at radius 1 is 1.00 bits per heavy atom. The van der Waals surface area contributed by atoms with Crippen LogP contribution in [0.5, 0.6) is 5.75 Å². The molecule has 3 atom stereocenters. The van der Waals surface area contributed by atoms with Gasteiger partial charge in [-0.05, 0) is 68.1 Å². The maximum Gasteiger partial charge on any atom is 0.303 e. The largest absolute Gasteiger partial charge is 0.508 e. The number of piperidine rings is 1. The minimum atomic E-state index is -0.900. The van der Waals surface area contributed by atoms with Gasteiger partial charge < -0.3 is 15.1 Å². The molecule has 2 heterocycles. The van der Waals surface area contributed by atoms with Crippen molar-refractivity contribution in [3.05, 3.63) is 29.8 Å². The van der Waals surface area contributed by atoms with Crippen LogP contribution < -0.4 is 0 Å². The number of hydrogen-bond donors (Lipinski definition) is 2. The van der Waals surface area contributed by atoms with Crippen molar-refractivity contribution in [2.75, 3.05) is 19.6 Å². The number of phenols is 1. The Morgan fingerprint density at radius 3 is 2.38 bits per heavy atom. The number of nitrogens with zero attached hydrogens (tertiary/aromatic N) is 2. The van der Waals surface area contributed by atoms with E-state index >= 15 is 0 Å². The van der Waals surface area contributed by atoms with E-state index in [1.54, 1.807) is 6.07 Å². The summed E-state index contributed by atoms with van der Waals surface area (Å²) in [6.07, 6.45) is 10.8. The number of aromatic hydroxyl groups is 1. The van der Waals surface area contributed by atoms with Crippen molar-refractivity contribution in [1.29, 1.82) is 0 Å². The summed E-state index contributed by atoms with van der Waals surface area (Å²) in [5.74, 6) is 0.496. The molecule has 3 aliphatic rings. The lowest BCUT2D eigenvalue weighted by molar-refractivity contribution is -0.141. The molecule has 1 aromatic carbocycles. The number of aliphatic carboxylic acids is 1. The molecule has 1 aliphatic carbocycles. The van der Waals surface area contributed by atoms with E-state index in [2.05, 4.69) is 11.0 Å². The van der Waals surface area contributed by atoms with Crippen molar-refractivity contribution in [3.63, 3.8) is 0 Å². The quantitative estimate of drug-likeness (QED) is 0.593. The van der Waals surface area contributed by atoms with Gasteiger partial charge in [0.15, 0.2) is 0 Å². The summed E-state index contributed by atoms with van der Waals surface area (Å²) < 4.78 is 0. The van der Waals surface area contributed by atoms with Gasteiger partial charge in [0.1, 0.15) is 5.75 Å². The van der Waals surface area contributed by atoms with Crippen molar-refractivity contribution in [1.82, 2.24) is 9.80 Å². The van der Waals surface area contributed by atoms with Gasteiger partial charge in [-0.1, -0.05) is 31.4 Å². The number of rotatable bonds is 9. The van der Waals surface area contributed by atoms with Gasteiger partial charge >= 0.3 is 5.97 Å². The zero-order valence-electron chi connectivity index (χ0n) is 19.1. The van der Waals surface area contributed by atoms with E-state index in [0.29, 0.717) is 36.2 Å². The fraction of sp³-hybridized carbons (Fsp3) is 0.692. The third-order valence-corrected chi connectivity index (χ3v) is 7.96. The SMILES string of the molecule is O=C(O)CCC(=O)N(CCN1[C@@H]2CC[C@H]1CC(c1cccc(O)c1)C2)CC1CCCCC1. The highest BCUT2D eigenvalue weighted by atomic mass is 16.4. The second-order valence-corrected chi connectivity index (χ2v) is 10.1. The van der Waals surface area contributed by atoms with Gasteiger partial charge in [-0.3, -0.25) is 14.5 Å². The highest BCUT2D eigenvalue weighted by molar-refractivity contribution is 5.80. The zero-order chi connectivity index (χ0) is 22.5. The molecule has 1 unspecified atom stereocenters. The van der Waals surface area contributed by atoms with Crippen LogP contribution in [0.4, 0.5) is 0 Å². The topological polar surface area (TPSA) is 81.1 Å². The molecule has 0 radical (unpaired) electrons. The lowest BCUT2D eigenvalue weighted by Crippen LogP contribution is -2.47. The summed E-state index contributed by atoms with van der Waals surface area (Å²) in [7, 11) is 0. The molecule has 1 amide bonds. The van der Waals surface area contributed by atoms with E-state index < -0.39 is 5.97 Å². The first kappa shape index (κ1) is 23.1. The van der Waals surface area contributed by atoms with Crippen molar-refractivity contribution in [2.24, 2.45) is 5.92 Å². The molecule has 6 heteroatoms. The molecule has 3 fully saturated rings. The van der Waals surface area contributed by atoms with Crippen LogP contribution >= 0.6 is 0 Å². The Balaban J connectivity index is 1.35. The summed E-state index contributed by atoms with van der Waals surface area (Å²) in [5.41, 5.74) is 1.24.